The van der Waals surface area contributed by atoms with Crippen molar-refractivity contribution in [2.45, 2.75) is 26.8 Å². The predicted molar refractivity (Wildman–Crippen MR) is 104 cm³/mol. The van der Waals surface area contributed by atoms with Gasteiger partial charge in [0.1, 0.15) is 12.3 Å². The van der Waals surface area contributed by atoms with Gasteiger partial charge in [-0.1, -0.05) is 19.1 Å². The smallest absolute Gasteiger partial charge is 0.332 e. The van der Waals surface area contributed by atoms with Crippen LogP contribution in [-0.2, 0) is 16.2 Å². The van der Waals surface area contributed by atoms with Crippen molar-refractivity contribution in [3.05, 3.63) is 65.8 Å². The molecule has 3 rings (SSSR count). The zero-order valence-corrected chi connectivity index (χ0v) is 16.4. The van der Waals surface area contributed by atoms with Crippen LogP contribution in [0.1, 0.15) is 35.3 Å². The van der Waals surface area contributed by atoms with E-state index in [0.29, 0.717) is 22.7 Å². The quantitative estimate of drug-likeness (QED) is 0.589. The Balaban J connectivity index is 1.90. The van der Waals surface area contributed by atoms with E-state index in [9.17, 15) is 9.59 Å². The molecule has 0 aliphatic heterocycles. The van der Waals surface area contributed by atoms with Gasteiger partial charge in [0.2, 0.25) is 11.7 Å². The standard InChI is InChI=1S/C21H21N3O5/c1-4-18(25)29-24(13-16-9-5-6-11-22-16)21(26)19-14(2)23-20(28-19)15-8-7-10-17(12-15)27-3/h5-12H,4,13H2,1-3H3. The minimum atomic E-state index is -0.614. The molecule has 8 nitrogen and oxygen atoms in total. The van der Waals surface area contributed by atoms with E-state index in [1.807, 2.05) is 0 Å². The third-order valence-corrected chi connectivity index (χ3v) is 4.07. The molecule has 0 saturated heterocycles. The number of carbonyl (C=O) groups excluding carboxylic acids is 2. The Kier molecular flexibility index (Phi) is 6.23. The van der Waals surface area contributed by atoms with Crippen molar-refractivity contribution < 1.29 is 23.6 Å². The highest BCUT2D eigenvalue weighted by Gasteiger charge is 2.27. The minimum absolute atomic E-state index is 0.0114. The number of hydrogen-bond donors (Lipinski definition) is 0. The monoisotopic (exact) mass is 395 g/mol. The van der Waals surface area contributed by atoms with Crippen molar-refractivity contribution in [1.82, 2.24) is 15.0 Å². The van der Waals surface area contributed by atoms with Crippen molar-refractivity contribution in [1.29, 1.82) is 0 Å². The van der Waals surface area contributed by atoms with Crippen LogP contribution in [0.25, 0.3) is 11.5 Å². The number of carbonyl (C=O) groups is 2. The van der Waals surface area contributed by atoms with Gasteiger partial charge < -0.3 is 14.0 Å². The van der Waals surface area contributed by atoms with Crippen molar-refractivity contribution >= 4 is 11.9 Å². The second kappa shape index (κ2) is 9.01. The minimum Gasteiger partial charge on any atom is -0.497 e. The maximum absolute atomic E-state index is 13.1. The zero-order valence-electron chi connectivity index (χ0n) is 16.4. The first-order valence-corrected chi connectivity index (χ1v) is 9.06. The van der Waals surface area contributed by atoms with E-state index in [1.165, 1.54) is 0 Å². The first-order valence-electron chi connectivity index (χ1n) is 9.06. The van der Waals surface area contributed by atoms with Crippen LogP contribution in [0.2, 0.25) is 0 Å². The van der Waals surface area contributed by atoms with E-state index in [-0.39, 0.29) is 24.6 Å². The fourth-order valence-electron chi connectivity index (χ4n) is 2.56. The molecule has 1 aromatic carbocycles. The van der Waals surface area contributed by atoms with Crippen LogP contribution in [0.3, 0.4) is 0 Å². The van der Waals surface area contributed by atoms with E-state index in [1.54, 1.807) is 69.6 Å². The van der Waals surface area contributed by atoms with Gasteiger partial charge in [0, 0.05) is 18.2 Å². The summed E-state index contributed by atoms with van der Waals surface area (Å²) < 4.78 is 10.9. The number of pyridine rings is 1. The molecule has 2 heterocycles. The van der Waals surface area contributed by atoms with Gasteiger partial charge in [0.25, 0.3) is 0 Å². The van der Waals surface area contributed by atoms with Gasteiger partial charge in [-0.15, -0.1) is 0 Å². The van der Waals surface area contributed by atoms with E-state index in [2.05, 4.69) is 9.97 Å². The molecule has 0 spiro atoms. The summed E-state index contributed by atoms with van der Waals surface area (Å²) in [5, 5.41) is 0.942. The Hall–Kier alpha value is -3.68. The highest BCUT2D eigenvalue weighted by atomic mass is 16.7. The summed E-state index contributed by atoms with van der Waals surface area (Å²) in [7, 11) is 1.56. The highest BCUT2D eigenvalue weighted by Crippen LogP contribution is 2.26. The number of aryl methyl sites for hydroxylation is 1. The molecule has 0 atom stereocenters. The van der Waals surface area contributed by atoms with Crippen LogP contribution >= 0.6 is 0 Å². The maximum atomic E-state index is 13.1. The van der Waals surface area contributed by atoms with Crippen LogP contribution in [0, 0.1) is 6.92 Å². The first kappa shape index (κ1) is 20.1. The summed E-state index contributed by atoms with van der Waals surface area (Å²) >= 11 is 0. The average molecular weight is 395 g/mol. The molecular formula is C21H21N3O5. The Morgan fingerprint density at radius 3 is 2.69 bits per heavy atom. The molecule has 0 aliphatic rings. The average Bonchev–Trinajstić information content (AvgIpc) is 3.15. The van der Waals surface area contributed by atoms with Gasteiger partial charge in [-0.2, -0.15) is 5.06 Å². The lowest BCUT2D eigenvalue weighted by Gasteiger charge is -2.19. The molecule has 1 amide bonds. The van der Waals surface area contributed by atoms with E-state index >= 15 is 0 Å². The van der Waals surface area contributed by atoms with Crippen molar-refractivity contribution in [2.75, 3.05) is 7.11 Å². The third-order valence-electron chi connectivity index (χ3n) is 4.07. The molecule has 0 radical (unpaired) electrons. The number of benzene rings is 1. The van der Waals surface area contributed by atoms with Gasteiger partial charge in [-0.05, 0) is 37.3 Å². The number of ether oxygens (including phenoxy) is 1. The third kappa shape index (κ3) is 4.78. The lowest BCUT2D eigenvalue weighted by molar-refractivity contribution is -0.180. The molecule has 29 heavy (non-hydrogen) atoms. The summed E-state index contributed by atoms with van der Waals surface area (Å²) in [5.41, 5.74) is 1.61. The van der Waals surface area contributed by atoms with Gasteiger partial charge in [0.05, 0.1) is 18.5 Å². The highest BCUT2D eigenvalue weighted by molar-refractivity contribution is 5.93. The molecule has 0 unspecified atom stereocenters. The van der Waals surface area contributed by atoms with Gasteiger partial charge in [-0.3, -0.25) is 9.78 Å². The van der Waals surface area contributed by atoms with Crippen molar-refractivity contribution in [3.8, 4) is 17.2 Å². The molecule has 8 heteroatoms. The fourth-order valence-corrected chi connectivity index (χ4v) is 2.56. The van der Waals surface area contributed by atoms with Crippen LogP contribution < -0.4 is 4.74 Å². The number of hydrogen-bond acceptors (Lipinski definition) is 7. The van der Waals surface area contributed by atoms with Gasteiger partial charge >= 0.3 is 11.9 Å². The molecule has 0 aliphatic carbocycles. The molecule has 2 aromatic heterocycles. The number of rotatable bonds is 6. The van der Waals surface area contributed by atoms with Crippen LogP contribution in [0.5, 0.6) is 5.75 Å². The van der Waals surface area contributed by atoms with Gasteiger partial charge in [-0.25, -0.2) is 9.78 Å². The number of hydroxylamine groups is 2. The number of oxazole rings is 1. The van der Waals surface area contributed by atoms with Crippen molar-refractivity contribution in [3.63, 3.8) is 0 Å². The Morgan fingerprint density at radius 1 is 1.17 bits per heavy atom. The Bertz CT molecular complexity index is 1000. The van der Waals surface area contributed by atoms with Crippen LogP contribution in [-0.4, -0.2) is 34.0 Å². The normalized spacial score (nSPS) is 10.4. The second-order valence-corrected chi connectivity index (χ2v) is 6.15. The van der Waals surface area contributed by atoms with E-state index in [4.69, 9.17) is 14.0 Å². The second-order valence-electron chi connectivity index (χ2n) is 6.15. The van der Waals surface area contributed by atoms with Crippen LogP contribution in [0.15, 0.2) is 53.1 Å². The maximum Gasteiger partial charge on any atom is 0.332 e. The first-order chi connectivity index (χ1) is 14.0. The zero-order chi connectivity index (χ0) is 20.8. The summed E-state index contributed by atoms with van der Waals surface area (Å²) in [5.74, 6) is -0.261. The molecule has 0 saturated carbocycles. The lowest BCUT2D eigenvalue weighted by Crippen LogP contribution is -2.33. The van der Waals surface area contributed by atoms with E-state index in [0.717, 1.165) is 5.06 Å². The predicted octanol–water partition coefficient (Wildman–Crippen LogP) is 3.56. The molecule has 3 aromatic rings. The molecular weight excluding hydrogens is 374 g/mol. The summed E-state index contributed by atoms with van der Waals surface area (Å²) in [4.78, 5) is 38.6. The Labute approximate surface area is 168 Å². The largest absolute Gasteiger partial charge is 0.497 e. The van der Waals surface area contributed by atoms with E-state index < -0.39 is 11.9 Å². The molecule has 150 valence electrons. The number of aromatic nitrogens is 2. The van der Waals surface area contributed by atoms with Gasteiger partial charge in [0.15, 0.2) is 0 Å². The van der Waals surface area contributed by atoms with Crippen molar-refractivity contribution in [2.24, 2.45) is 0 Å². The fraction of sp³-hybridized carbons (Fsp3) is 0.238. The number of nitrogens with zero attached hydrogens (tertiary/aromatic N) is 3. The molecule has 0 fully saturated rings. The SMILES string of the molecule is CCC(=O)ON(Cc1ccccn1)C(=O)c1oc(-c2cccc(OC)c2)nc1C. The summed E-state index contributed by atoms with van der Waals surface area (Å²) in [6.45, 7) is 3.29. The van der Waals surface area contributed by atoms with Crippen LogP contribution in [0.4, 0.5) is 0 Å². The topological polar surface area (TPSA) is 94.8 Å². The lowest BCUT2D eigenvalue weighted by atomic mass is 10.2. The summed E-state index contributed by atoms with van der Waals surface area (Å²) in [6, 6.07) is 12.4. The molecule has 0 N–H and O–H groups in total. The number of amides is 1. The molecule has 0 bridgehead atoms. The Morgan fingerprint density at radius 2 is 2.00 bits per heavy atom. The summed E-state index contributed by atoms with van der Waals surface area (Å²) in [6.07, 6.45) is 1.72. The number of methoxy groups -OCH3 is 1.